The van der Waals surface area contributed by atoms with E-state index in [0.717, 1.165) is 11.4 Å². The molecule has 4 nitrogen and oxygen atoms in total. The van der Waals surface area contributed by atoms with Gasteiger partial charge in [-0.25, -0.2) is 9.37 Å². The van der Waals surface area contributed by atoms with Gasteiger partial charge in [-0.15, -0.1) is 0 Å². The fourth-order valence-electron chi connectivity index (χ4n) is 2.05. The summed E-state index contributed by atoms with van der Waals surface area (Å²) in [5, 5.41) is 2.82. The zero-order valence-corrected chi connectivity index (χ0v) is 14.7. The molecule has 2 aromatic rings. The third kappa shape index (κ3) is 5.32. The molecule has 0 saturated carbocycles. The van der Waals surface area contributed by atoms with E-state index in [1.165, 1.54) is 6.07 Å². The predicted octanol–water partition coefficient (Wildman–Crippen LogP) is 3.30. The van der Waals surface area contributed by atoms with Gasteiger partial charge in [0, 0.05) is 37.7 Å². The van der Waals surface area contributed by atoms with Gasteiger partial charge >= 0.3 is 0 Å². The highest BCUT2D eigenvalue weighted by atomic mass is 79.9. The molecule has 1 amide bonds. The van der Waals surface area contributed by atoms with E-state index in [9.17, 15) is 9.18 Å². The van der Waals surface area contributed by atoms with Crippen molar-refractivity contribution < 1.29 is 9.18 Å². The van der Waals surface area contributed by atoms with Gasteiger partial charge in [0.1, 0.15) is 11.6 Å². The van der Waals surface area contributed by atoms with E-state index in [1.54, 1.807) is 18.3 Å². The summed E-state index contributed by atoms with van der Waals surface area (Å²) in [5.41, 5.74) is 1.47. The minimum atomic E-state index is -0.296. The lowest BCUT2D eigenvalue weighted by Crippen LogP contribution is -2.23. The van der Waals surface area contributed by atoms with E-state index in [-0.39, 0.29) is 18.1 Å². The fraction of sp³-hybridized carbons (Fsp3) is 0.294. The number of nitrogens with one attached hydrogen (secondary N) is 1. The maximum absolute atomic E-state index is 13.7. The molecule has 0 bridgehead atoms. The molecule has 1 heterocycles. The Kier molecular flexibility index (Phi) is 6.10. The van der Waals surface area contributed by atoms with Crippen LogP contribution in [0.4, 0.5) is 10.2 Å². The Morgan fingerprint density at radius 3 is 2.70 bits per heavy atom. The summed E-state index contributed by atoms with van der Waals surface area (Å²) >= 11 is 3.21. The van der Waals surface area contributed by atoms with Crippen LogP contribution in [0.1, 0.15) is 17.5 Å². The van der Waals surface area contributed by atoms with Gasteiger partial charge in [0.25, 0.3) is 0 Å². The smallest absolute Gasteiger partial charge is 0.220 e. The van der Waals surface area contributed by atoms with Crippen LogP contribution in [0, 0.1) is 5.82 Å². The number of aryl methyl sites for hydroxylation is 1. The average molecular weight is 380 g/mol. The van der Waals surface area contributed by atoms with E-state index in [1.807, 2.05) is 31.1 Å². The quantitative estimate of drug-likeness (QED) is 0.837. The maximum Gasteiger partial charge on any atom is 0.220 e. The van der Waals surface area contributed by atoms with Crippen molar-refractivity contribution in [1.82, 2.24) is 10.3 Å². The van der Waals surface area contributed by atoms with Crippen LogP contribution in [0.25, 0.3) is 0 Å². The Bertz CT molecular complexity index is 674. The Balaban J connectivity index is 1.80. The van der Waals surface area contributed by atoms with Gasteiger partial charge in [-0.05, 0) is 35.7 Å². The summed E-state index contributed by atoms with van der Waals surface area (Å²) in [6, 6.07) is 8.70. The van der Waals surface area contributed by atoms with Gasteiger partial charge in [0.15, 0.2) is 0 Å². The molecule has 0 aliphatic carbocycles. The second-order valence-corrected chi connectivity index (χ2v) is 6.35. The van der Waals surface area contributed by atoms with Crippen molar-refractivity contribution in [1.29, 1.82) is 0 Å². The molecule has 23 heavy (non-hydrogen) atoms. The van der Waals surface area contributed by atoms with E-state index in [4.69, 9.17) is 0 Å². The molecular weight excluding hydrogens is 361 g/mol. The summed E-state index contributed by atoms with van der Waals surface area (Å²) in [7, 11) is 3.84. The standard InChI is InChI=1S/C17H19BrFN3O/c1-22(2)16-7-3-12(10-20-16)11-21-17(23)8-5-13-4-6-14(18)9-15(13)19/h3-4,6-7,9-10H,5,8,11H2,1-2H3,(H,21,23). The highest BCUT2D eigenvalue weighted by Crippen LogP contribution is 2.16. The van der Waals surface area contributed by atoms with Crippen LogP contribution < -0.4 is 10.2 Å². The van der Waals surface area contributed by atoms with Crippen LogP contribution in [-0.4, -0.2) is 25.0 Å². The van der Waals surface area contributed by atoms with Crippen LogP contribution in [-0.2, 0) is 17.8 Å². The second kappa shape index (κ2) is 8.06. The van der Waals surface area contributed by atoms with Crippen molar-refractivity contribution >= 4 is 27.7 Å². The van der Waals surface area contributed by atoms with Crippen LogP contribution in [0.2, 0.25) is 0 Å². The number of benzene rings is 1. The zero-order valence-electron chi connectivity index (χ0n) is 13.1. The number of carbonyl (C=O) groups is 1. The van der Waals surface area contributed by atoms with Gasteiger partial charge in [-0.3, -0.25) is 4.79 Å². The number of hydrogen-bond donors (Lipinski definition) is 1. The fourth-order valence-corrected chi connectivity index (χ4v) is 2.38. The predicted molar refractivity (Wildman–Crippen MR) is 92.8 cm³/mol. The van der Waals surface area contributed by atoms with Crippen LogP contribution in [0.15, 0.2) is 41.0 Å². The van der Waals surface area contributed by atoms with Crippen molar-refractivity contribution in [3.63, 3.8) is 0 Å². The normalized spacial score (nSPS) is 10.4. The van der Waals surface area contributed by atoms with Gasteiger partial charge in [0.2, 0.25) is 5.91 Å². The first kappa shape index (κ1) is 17.4. The Morgan fingerprint density at radius 1 is 1.30 bits per heavy atom. The molecule has 0 radical (unpaired) electrons. The monoisotopic (exact) mass is 379 g/mol. The highest BCUT2D eigenvalue weighted by molar-refractivity contribution is 9.10. The highest BCUT2D eigenvalue weighted by Gasteiger charge is 2.07. The molecule has 6 heteroatoms. The number of nitrogens with zero attached hydrogens (tertiary/aromatic N) is 2. The summed E-state index contributed by atoms with van der Waals surface area (Å²) in [4.78, 5) is 18.1. The van der Waals surface area contributed by atoms with E-state index >= 15 is 0 Å². The molecular formula is C17H19BrFN3O. The van der Waals surface area contributed by atoms with Crippen LogP contribution in [0.5, 0.6) is 0 Å². The van der Waals surface area contributed by atoms with Crippen molar-refractivity contribution in [3.8, 4) is 0 Å². The number of rotatable bonds is 6. The zero-order chi connectivity index (χ0) is 16.8. The van der Waals surface area contributed by atoms with Crippen molar-refractivity contribution in [2.24, 2.45) is 0 Å². The molecule has 0 saturated heterocycles. The molecule has 0 unspecified atom stereocenters. The average Bonchev–Trinajstić information content (AvgIpc) is 2.52. The molecule has 1 N–H and O–H groups in total. The summed E-state index contributed by atoms with van der Waals surface area (Å²) in [6.45, 7) is 0.419. The summed E-state index contributed by atoms with van der Waals surface area (Å²) in [5.74, 6) is 0.463. The van der Waals surface area contributed by atoms with Crippen LogP contribution in [0.3, 0.4) is 0 Å². The largest absolute Gasteiger partial charge is 0.363 e. The van der Waals surface area contributed by atoms with Gasteiger partial charge in [-0.2, -0.15) is 0 Å². The Hall–Kier alpha value is -1.95. The molecule has 0 aliphatic rings. The molecule has 0 atom stereocenters. The van der Waals surface area contributed by atoms with E-state index in [0.29, 0.717) is 23.0 Å². The minimum absolute atomic E-state index is 0.107. The number of pyridine rings is 1. The third-order valence-corrected chi connectivity index (χ3v) is 3.89. The number of amides is 1. The first-order chi connectivity index (χ1) is 11.0. The number of aromatic nitrogens is 1. The number of hydrogen-bond acceptors (Lipinski definition) is 3. The second-order valence-electron chi connectivity index (χ2n) is 5.43. The Labute approximate surface area is 143 Å². The lowest BCUT2D eigenvalue weighted by molar-refractivity contribution is -0.121. The molecule has 1 aromatic carbocycles. The number of halogens is 2. The lowest BCUT2D eigenvalue weighted by Gasteiger charge is -2.11. The molecule has 1 aromatic heterocycles. The lowest BCUT2D eigenvalue weighted by atomic mass is 10.1. The number of anilines is 1. The number of carbonyl (C=O) groups excluding carboxylic acids is 1. The molecule has 0 spiro atoms. The van der Waals surface area contributed by atoms with Gasteiger partial charge < -0.3 is 10.2 Å². The third-order valence-electron chi connectivity index (χ3n) is 3.39. The molecule has 0 fully saturated rings. The molecule has 2 rings (SSSR count). The SMILES string of the molecule is CN(C)c1ccc(CNC(=O)CCc2ccc(Br)cc2F)cn1. The van der Waals surface area contributed by atoms with Gasteiger partial charge in [-0.1, -0.05) is 28.1 Å². The topological polar surface area (TPSA) is 45.2 Å². The Morgan fingerprint density at radius 2 is 2.09 bits per heavy atom. The van der Waals surface area contributed by atoms with Crippen LogP contribution >= 0.6 is 15.9 Å². The summed E-state index contributed by atoms with van der Waals surface area (Å²) in [6.07, 6.45) is 2.37. The van der Waals surface area contributed by atoms with E-state index < -0.39 is 0 Å². The maximum atomic E-state index is 13.7. The summed E-state index contributed by atoms with van der Waals surface area (Å²) < 4.78 is 14.4. The molecule has 122 valence electrons. The van der Waals surface area contributed by atoms with E-state index in [2.05, 4.69) is 26.2 Å². The van der Waals surface area contributed by atoms with Crippen molar-refractivity contribution in [2.75, 3.05) is 19.0 Å². The van der Waals surface area contributed by atoms with Crippen molar-refractivity contribution in [2.45, 2.75) is 19.4 Å². The first-order valence-electron chi connectivity index (χ1n) is 7.28. The minimum Gasteiger partial charge on any atom is -0.363 e. The van der Waals surface area contributed by atoms with Gasteiger partial charge in [0.05, 0.1) is 0 Å². The first-order valence-corrected chi connectivity index (χ1v) is 8.08. The van der Waals surface area contributed by atoms with Crippen molar-refractivity contribution in [3.05, 3.63) is 57.9 Å². The molecule has 0 aliphatic heterocycles.